The van der Waals surface area contributed by atoms with E-state index in [2.05, 4.69) is 16.0 Å². The molecule has 2 aromatic heterocycles. The van der Waals surface area contributed by atoms with Gasteiger partial charge in [0.15, 0.2) is 0 Å². The molecule has 0 spiro atoms. The van der Waals surface area contributed by atoms with Crippen molar-refractivity contribution in [3.63, 3.8) is 0 Å². The van der Waals surface area contributed by atoms with Gasteiger partial charge in [0.2, 0.25) is 0 Å². The minimum absolute atomic E-state index is 0.363. The smallest absolute Gasteiger partial charge is 0.346 e. The molecule has 0 atom stereocenters. The molecule has 1 aliphatic heterocycles. The third kappa shape index (κ3) is 3.34. The summed E-state index contributed by atoms with van der Waals surface area (Å²) in [5, 5.41) is 2.13. The number of aromatic nitrogens is 1. The van der Waals surface area contributed by atoms with E-state index in [0.717, 1.165) is 35.2 Å². The Hall–Kier alpha value is -2.21. The fraction of sp³-hybridized carbons (Fsp3) is 0.273. The molecule has 0 saturated carbocycles. The molecule has 6 heteroatoms. The average molecular weight is 411 g/mol. The summed E-state index contributed by atoms with van der Waals surface area (Å²) in [6.45, 7) is 3.18. The molecule has 0 radical (unpaired) electrons. The molecular weight excluding hydrogens is 392 g/mol. The van der Waals surface area contributed by atoms with E-state index < -0.39 is 0 Å². The molecule has 5 rings (SSSR count). The highest BCUT2D eigenvalue weighted by atomic mass is 35.5. The second-order valence-corrected chi connectivity index (χ2v) is 8.70. The van der Waals surface area contributed by atoms with Crippen LogP contribution in [0.25, 0.3) is 31.8 Å². The summed E-state index contributed by atoms with van der Waals surface area (Å²) in [5.41, 5.74) is 2.64. The first-order chi connectivity index (χ1) is 13.7. The molecule has 0 N–H and O–H groups in total. The van der Waals surface area contributed by atoms with Gasteiger partial charge in [-0.2, -0.15) is 0 Å². The lowest BCUT2D eigenvalue weighted by Gasteiger charge is -2.26. The van der Waals surface area contributed by atoms with Crippen LogP contribution in [0.15, 0.2) is 51.7 Å². The summed E-state index contributed by atoms with van der Waals surface area (Å²) in [6.07, 6.45) is 3.85. The summed E-state index contributed by atoms with van der Waals surface area (Å²) < 4.78 is 6.62. The number of benzene rings is 2. The van der Waals surface area contributed by atoms with Crippen molar-refractivity contribution >= 4 is 44.1 Å². The maximum absolute atomic E-state index is 12.7. The Kier molecular flexibility index (Phi) is 4.67. The number of rotatable bonds is 3. The second-order valence-electron chi connectivity index (χ2n) is 7.26. The molecule has 0 amide bonds. The van der Waals surface area contributed by atoms with Crippen molar-refractivity contribution in [2.45, 2.75) is 25.8 Å². The lowest BCUT2D eigenvalue weighted by atomic mass is 10.1. The first-order valence-corrected chi connectivity index (χ1v) is 10.7. The molecule has 3 heterocycles. The van der Waals surface area contributed by atoms with E-state index in [4.69, 9.17) is 16.0 Å². The largest absolute Gasteiger partial charge is 0.422 e. The highest BCUT2D eigenvalue weighted by Gasteiger charge is 2.15. The van der Waals surface area contributed by atoms with Gasteiger partial charge < -0.3 is 4.42 Å². The average Bonchev–Trinajstić information content (AvgIpc) is 3.14. The number of piperidine rings is 1. The number of fused-ring (bicyclic) bond motifs is 2. The third-order valence-electron chi connectivity index (χ3n) is 5.26. The fourth-order valence-electron chi connectivity index (χ4n) is 3.81. The molecule has 142 valence electrons. The molecule has 4 aromatic rings. The maximum Gasteiger partial charge on any atom is 0.346 e. The number of thiazole rings is 1. The Balaban J connectivity index is 1.52. The zero-order valence-corrected chi connectivity index (χ0v) is 16.9. The first-order valence-electron chi connectivity index (χ1n) is 9.52. The van der Waals surface area contributed by atoms with Gasteiger partial charge in [-0.05, 0) is 55.8 Å². The molecule has 28 heavy (non-hydrogen) atoms. The van der Waals surface area contributed by atoms with E-state index >= 15 is 0 Å². The van der Waals surface area contributed by atoms with Gasteiger partial charge in [-0.3, -0.25) is 4.90 Å². The number of hydrogen-bond donors (Lipinski definition) is 0. The third-order valence-corrected chi connectivity index (χ3v) is 6.61. The number of nitrogens with zero attached hydrogens (tertiary/aromatic N) is 2. The van der Waals surface area contributed by atoms with E-state index in [1.165, 1.54) is 36.2 Å². The minimum atomic E-state index is -0.363. The summed E-state index contributed by atoms with van der Waals surface area (Å²) in [4.78, 5) is 19.7. The lowest BCUT2D eigenvalue weighted by molar-refractivity contribution is 0.221. The van der Waals surface area contributed by atoms with Crippen molar-refractivity contribution in [3.05, 3.63) is 63.5 Å². The van der Waals surface area contributed by atoms with E-state index in [9.17, 15) is 4.79 Å². The molecule has 1 fully saturated rings. The maximum atomic E-state index is 12.7. The van der Waals surface area contributed by atoms with Crippen molar-refractivity contribution in [2.75, 3.05) is 13.1 Å². The van der Waals surface area contributed by atoms with Crippen LogP contribution in [0.3, 0.4) is 0 Å². The second kappa shape index (κ2) is 7.32. The van der Waals surface area contributed by atoms with Crippen LogP contribution in [0, 0.1) is 0 Å². The van der Waals surface area contributed by atoms with Crippen LogP contribution >= 0.6 is 22.9 Å². The van der Waals surface area contributed by atoms with Gasteiger partial charge in [-0.15, -0.1) is 11.3 Å². The standard InChI is InChI=1S/C22H19ClN2O2S/c23-17-5-4-6-19-20(17)24-21(28-19)16-12-15-8-7-14(11-18(15)27-22(16)26)13-25-9-2-1-3-10-25/h4-8,11-12H,1-3,9-10,13H2. The van der Waals surface area contributed by atoms with Gasteiger partial charge in [-0.25, -0.2) is 9.78 Å². The number of halogens is 1. The van der Waals surface area contributed by atoms with Crippen LogP contribution in [0.2, 0.25) is 5.02 Å². The molecule has 0 bridgehead atoms. The molecule has 0 unspecified atom stereocenters. The van der Waals surface area contributed by atoms with Crippen LogP contribution in [0.1, 0.15) is 24.8 Å². The molecule has 2 aromatic carbocycles. The Labute approximate surface area is 171 Å². The fourth-order valence-corrected chi connectivity index (χ4v) is 5.08. The van der Waals surface area contributed by atoms with Gasteiger partial charge in [-0.1, -0.05) is 36.2 Å². The van der Waals surface area contributed by atoms with Gasteiger partial charge in [0.25, 0.3) is 0 Å². The van der Waals surface area contributed by atoms with Crippen molar-refractivity contribution < 1.29 is 4.42 Å². The first kappa shape index (κ1) is 17.9. The predicted octanol–water partition coefficient (Wildman–Crippen LogP) is 5.71. The topological polar surface area (TPSA) is 46.3 Å². The molecular formula is C22H19ClN2O2S. The molecule has 1 saturated heterocycles. The Morgan fingerprint density at radius 2 is 1.96 bits per heavy atom. The lowest BCUT2D eigenvalue weighted by Crippen LogP contribution is -2.29. The van der Waals surface area contributed by atoms with E-state index in [1.807, 2.05) is 30.3 Å². The van der Waals surface area contributed by atoms with E-state index in [-0.39, 0.29) is 5.63 Å². The molecule has 0 aliphatic carbocycles. The van der Waals surface area contributed by atoms with E-state index in [0.29, 0.717) is 21.2 Å². The highest BCUT2D eigenvalue weighted by Crippen LogP contribution is 2.33. The van der Waals surface area contributed by atoms with Gasteiger partial charge in [0, 0.05) is 11.9 Å². The number of para-hydroxylation sites is 1. The monoisotopic (exact) mass is 410 g/mol. The summed E-state index contributed by atoms with van der Waals surface area (Å²) >= 11 is 7.68. The number of likely N-dealkylation sites (tertiary alicyclic amines) is 1. The highest BCUT2D eigenvalue weighted by molar-refractivity contribution is 7.21. The van der Waals surface area contributed by atoms with Gasteiger partial charge >= 0.3 is 5.63 Å². The van der Waals surface area contributed by atoms with E-state index in [1.54, 1.807) is 6.07 Å². The molecule has 4 nitrogen and oxygen atoms in total. The van der Waals surface area contributed by atoms with Gasteiger partial charge in [0.1, 0.15) is 16.1 Å². The Morgan fingerprint density at radius 1 is 1.11 bits per heavy atom. The van der Waals surface area contributed by atoms with Crippen LogP contribution in [-0.2, 0) is 6.54 Å². The SMILES string of the molecule is O=c1oc2cc(CN3CCCCC3)ccc2cc1-c1nc2c(Cl)cccc2s1. The van der Waals surface area contributed by atoms with Crippen LogP contribution < -0.4 is 5.63 Å². The Morgan fingerprint density at radius 3 is 2.79 bits per heavy atom. The molecule has 1 aliphatic rings. The van der Waals surface area contributed by atoms with Crippen molar-refractivity contribution in [1.29, 1.82) is 0 Å². The predicted molar refractivity (Wildman–Crippen MR) is 115 cm³/mol. The van der Waals surface area contributed by atoms with Gasteiger partial charge in [0.05, 0.1) is 15.3 Å². The van der Waals surface area contributed by atoms with Crippen molar-refractivity contribution in [3.8, 4) is 10.6 Å². The zero-order chi connectivity index (χ0) is 19.1. The van der Waals surface area contributed by atoms with Crippen LogP contribution in [0.5, 0.6) is 0 Å². The quantitative estimate of drug-likeness (QED) is 0.406. The van der Waals surface area contributed by atoms with Crippen molar-refractivity contribution in [1.82, 2.24) is 9.88 Å². The summed E-state index contributed by atoms with van der Waals surface area (Å²) in [6, 6.07) is 13.7. The van der Waals surface area contributed by atoms with Crippen LogP contribution in [-0.4, -0.2) is 23.0 Å². The Bertz CT molecular complexity index is 1220. The summed E-state index contributed by atoms with van der Waals surface area (Å²) in [7, 11) is 0. The summed E-state index contributed by atoms with van der Waals surface area (Å²) in [5.74, 6) is 0. The minimum Gasteiger partial charge on any atom is -0.422 e. The zero-order valence-electron chi connectivity index (χ0n) is 15.3. The van der Waals surface area contributed by atoms with Crippen molar-refractivity contribution in [2.24, 2.45) is 0 Å². The number of hydrogen-bond acceptors (Lipinski definition) is 5. The normalized spacial score (nSPS) is 15.5. The van der Waals surface area contributed by atoms with Crippen LogP contribution in [0.4, 0.5) is 0 Å².